The van der Waals surface area contributed by atoms with Gasteiger partial charge in [0.1, 0.15) is 10.1 Å². The van der Waals surface area contributed by atoms with Gasteiger partial charge >= 0.3 is 0 Å². The van der Waals surface area contributed by atoms with E-state index in [-0.39, 0.29) is 5.28 Å². The van der Waals surface area contributed by atoms with Crippen molar-refractivity contribution in [3.63, 3.8) is 0 Å². The van der Waals surface area contributed by atoms with Gasteiger partial charge in [-0.05, 0) is 29.4 Å². The van der Waals surface area contributed by atoms with Crippen LogP contribution in [0.5, 0.6) is 0 Å². The maximum Gasteiger partial charge on any atom is 0.223 e. The minimum atomic E-state index is 0.230. The van der Waals surface area contributed by atoms with Crippen LogP contribution in [-0.2, 0) is 0 Å². The van der Waals surface area contributed by atoms with Crippen LogP contribution in [0.4, 0.5) is 0 Å². The summed E-state index contributed by atoms with van der Waals surface area (Å²) in [4.78, 5) is 7.75. The number of aromatic nitrogens is 5. The predicted octanol–water partition coefficient (Wildman–Crippen LogP) is 1.40. The highest BCUT2D eigenvalue weighted by atomic mass is 35.5. The highest BCUT2D eigenvalue weighted by Gasteiger charge is 2.01. The number of rotatable bonds is 2. The summed E-state index contributed by atoms with van der Waals surface area (Å²) in [7, 11) is 0. The molecule has 13 heavy (non-hydrogen) atoms. The molecule has 0 amide bonds. The molecule has 0 saturated carbocycles. The van der Waals surface area contributed by atoms with Gasteiger partial charge in [0.2, 0.25) is 5.28 Å². The van der Waals surface area contributed by atoms with Crippen LogP contribution in [0.15, 0.2) is 28.5 Å². The van der Waals surface area contributed by atoms with Gasteiger partial charge in [-0.3, -0.25) is 0 Å². The first kappa shape index (κ1) is 8.46. The Balaban J connectivity index is 2.19. The Morgan fingerprint density at radius 1 is 1.38 bits per heavy atom. The van der Waals surface area contributed by atoms with E-state index in [0.717, 1.165) is 10.1 Å². The monoisotopic (exact) mass is 213 g/mol. The van der Waals surface area contributed by atoms with Crippen molar-refractivity contribution in [1.29, 1.82) is 0 Å². The summed E-state index contributed by atoms with van der Waals surface area (Å²) in [6.07, 6.45) is 3.21. The molecule has 0 fully saturated rings. The molecular weight excluding hydrogens is 210 g/mol. The first-order valence-corrected chi connectivity index (χ1v) is 4.56. The van der Waals surface area contributed by atoms with Crippen LogP contribution in [0.1, 0.15) is 0 Å². The Morgan fingerprint density at radius 2 is 2.31 bits per heavy atom. The van der Waals surface area contributed by atoms with Gasteiger partial charge in [-0.1, -0.05) is 0 Å². The lowest BCUT2D eigenvalue weighted by Crippen LogP contribution is -1.83. The van der Waals surface area contributed by atoms with Gasteiger partial charge in [0.25, 0.3) is 0 Å². The third-order valence-electron chi connectivity index (χ3n) is 1.20. The Labute approximate surface area is 82.9 Å². The third kappa shape index (κ3) is 2.16. The molecule has 0 bridgehead atoms. The summed E-state index contributed by atoms with van der Waals surface area (Å²) in [5.74, 6) is 0. The van der Waals surface area contributed by atoms with Crippen LogP contribution in [0.2, 0.25) is 5.28 Å². The second-order valence-corrected chi connectivity index (χ2v) is 3.45. The van der Waals surface area contributed by atoms with Crippen molar-refractivity contribution in [1.82, 2.24) is 25.4 Å². The van der Waals surface area contributed by atoms with E-state index in [1.807, 2.05) is 0 Å². The van der Waals surface area contributed by atoms with Crippen LogP contribution >= 0.6 is 23.4 Å². The topological polar surface area (TPSA) is 67.3 Å². The fourth-order valence-corrected chi connectivity index (χ4v) is 1.59. The molecule has 0 saturated heterocycles. The van der Waals surface area contributed by atoms with E-state index >= 15 is 0 Å². The van der Waals surface area contributed by atoms with E-state index in [9.17, 15) is 0 Å². The molecule has 0 aromatic carbocycles. The minimum absolute atomic E-state index is 0.230. The molecule has 0 radical (unpaired) electrons. The Morgan fingerprint density at radius 3 is 3.00 bits per heavy atom. The summed E-state index contributed by atoms with van der Waals surface area (Å²) >= 11 is 6.97. The van der Waals surface area contributed by atoms with Crippen molar-refractivity contribution in [3.8, 4) is 0 Å². The van der Waals surface area contributed by atoms with E-state index in [4.69, 9.17) is 11.6 Å². The average Bonchev–Trinajstić information content (AvgIpc) is 2.57. The van der Waals surface area contributed by atoms with Crippen molar-refractivity contribution in [2.75, 3.05) is 0 Å². The number of nitrogens with zero attached hydrogens (tertiary/aromatic N) is 4. The van der Waals surface area contributed by atoms with Gasteiger partial charge in [0.15, 0.2) is 0 Å². The van der Waals surface area contributed by atoms with Crippen LogP contribution in [0.3, 0.4) is 0 Å². The fourth-order valence-electron chi connectivity index (χ4n) is 0.724. The Bertz CT molecular complexity index is 390. The summed E-state index contributed by atoms with van der Waals surface area (Å²) in [6, 6.07) is 1.76. The van der Waals surface area contributed by atoms with Crippen molar-refractivity contribution in [3.05, 3.63) is 23.7 Å². The van der Waals surface area contributed by atoms with E-state index in [1.54, 1.807) is 18.5 Å². The minimum Gasteiger partial charge on any atom is -0.226 e. The van der Waals surface area contributed by atoms with E-state index in [0.29, 0.717) is 0 Å². The maximum atomic E-state index is 5.61. The largest absolute Gasteiger partial charge is 0.226 e. The molecule has 0 unspecified atom stereocenters. The van der Waals surface area contributed by atoms with Crippen molar-refractivity contribution >= 4 is 23.4 Å². The van der Waals surface area contributed by atoms with Gasteiger partial charge in [-0.25, -0.2) is 9.97 Å². The molecule has 2 aromatic heterocycles. The normalized spacial score (nSPS) is 10.2. The predicted molar refractivity (Wildman–Crippen MR) is 47.5 cm³/mol. The number of hydrogen-bond acceptors (Lipinski definition) is 5. The van der Waals surface area contributed by atoms with E-state index in [2.05, 4.69) is 25.4 Å². The van der Waals surface area contributed by atoms with Crippen LogP contribution in [0, 0.1) is 0 Å². The Kier molecular flexibility index (Phi) is 2.42. The zero-order valence-electron chi connectivity index (χ0n) is 6.31. The Hall–Kier alpha value is -1.14. The van der Waals surface area contributed by atoms with Gasteiger partial charge in [-0.2, -0.15) is 10.3 Å². The van der Waals surface area contributed by atoms with Gasteiger partial charge in [0.05, 0.1) is 6.20 Å². The highest BCUT2D eigenvalue weighted by Crippen LogP contribution is 2.22. The molecule has 0 aliphatic carbocycles. The summed E-state index contributed by atoms with van der Waals surface area (Å²) in [5.41, 5.74) is 0. The molecular formula is C6H4ClN5S. The lowest BCUT2D eigenvalue weighted by Gasteiger charge is -1.94. The van der Waals surface area contributed by atoms with Crippen molar-refractivity contribution in [2.45, 2.75) is 10.1 Å². The maximum absolute atomic E-state index is 5.61. The molecule has 2 heterocycles. The molecule has 2 rings (SSSR count). The van der Waals surface area contributed by atoms with Crippen LogP contribution in [0.25, 0.3) is 0 Å². The first-order valence-electron chi connectivity index (χ1n) is 3.37. The van der Waals surface area contributed by atoms with E-state index < -0.39 is 0 Å². The number of aromatic amines is 1. The first-order chi connectivity index (χ1) is 6.34. The molecule has 1 N–H and O–H groups in total. The molecule has 0 atom stereocenters. The lowest BCUT2D eigenvalue weighted by atomic mass is 10.7. The fraction of sp³-hybridized carbons (Fsp3) is 0. The number of hydrogen-bond donors (Lipinski definition) is 1. The van der Waals surface area contributed by atoms with Gasteiger partial charge in [-0.15, -0.1) is 5.10 Å². The van der Waals surface area contributed by atoms with Gasteiger partial charge < -0.3 is 0 Å². The zero-order chi connectivity index (χ0) is 9.10. The van der Waals surface area contributed by atoms with Crippen LogP contribution < -0.4 is 0 Å². The molecule has 0 aliphatic heterocycles. The van der Waals surface area contributed by atoms with Gasteiger partial charge in [0, 0.05) is 6.20 Å². The third-order valence-corrected chi connectivity index (χ3v) is 2.23. The summed E-state index contributed by atoms with van der Waals surface area (Å²) < 4.78 is 0. The molecule has 66 valence electrons. The number of halogens is 1. The highest BCUT2D eigenvalue weighted by molar-refractivity contribution is 7.99. The molecule has 7 heteroatoms. The van der Waals surface area contributed by atoms with E-state index in [1.165, 1.54) is 11.8 Å². The zero-order valence-corrected chi connectivity index (χ0v) is 7.88. The molecule has 2 aromatic rings. The van der Waals surface area contributed by atoms with Crippen molar-refractivity contribution in [2.24, 2.45) is 0 Å². The second kappa shape index (κ2) is 3.71. The molecule has 5 nitrogen and oxygen atoms in total. The standard InChI is InChI=1S/C6H4ClN5S/c7-6-8-2-1-4(10-6)13-5-3-9-12-11-5/h1-3H,(H,9,11,12). The van der Waals surface area contributed by atoms with Crippen LogP contribution in [-0.4, -0.2) is 25.4 Å². The molecule has 0 aliphatic rings. The summed E-state index contributed by atoms with van der Waals surface area (Å²) in [5, 5.41) is 11.8. The quantitative estimate of drug-likeness (QED) is 0.603. The molecule has 0 spiro atoms. The number of nitrogens with one attached hydrogen (secondary N) is 1. The summed E-state index contributed by atoms with van der Waals surface area (Å²) in [6.45, 7) is 0. The number of H-pyrrole nitrogens is 1. The lowest BCUT2D eigenvalue weighted by molar-refractivity contribution is 0.909. The average molecular weight is 214 g/mol. The van der Waals surface area contributed by atoms with Crippen molar-refractivity contribution < 1.29 is 0 Å². The SMILES string of the molecule is Clc1nccc(Sc2cn[nH]n2)n1. The smallest absolute Gasteiger partial charge is 0.223 e. The second-order valence-electron chi connectivity index (χ2n) is 2.07.